The normalized spacial score (nSPS) is 10.6. The van der Waals surface area contributed by atoms with Gasteiger partial charge in [0.1, 0.15) is 0 Å². The number of aliphatic hydroxyl groups excluding tert-OH is 1. The lowest BCUT2D eigenvalue weighted by atomic mass is 10.1. The number of benzene rings is 1. The van der Waals surface area contributed by atoms with Gasteiger partial charge in [-0.15, -0.1) is 0 Å². The quantitative estimate of drug-likeness (QED) is 0.628. The molecule has 0 atom stereocenters. The van der Waals surface area contributed by atoms with Crippen molar-refractivity contribution in [3.8, 4) is 0 Å². The van der Waals surface area contributed by atoms with Crippen molar-refractivity contribution in [1.29, 1.82) is 0 Å². The SMILES string of the molecule is O=[N+]([O-])c1ccc(CNCc2ccc(CO)cc2)s1. The van der Waals surface area contributed by atoms with Crippen molar-refractivity contribution in [2.75, 3.05) is 0 Å². The maximum Gasteiger partial charge on any atom is 0.324 e. The van der Waals surface area contributed by atoms with Gasteiger partial charge in [0, 0.05) is 24.0 Å². The second-order valence-corrected chi connectivity index (χ2v) is 5.22. The fourth-order valence-corrected chi connectivity index (χ4v) is 2.44. The molecule has 19 heavy (non-hydrogen) atoms. The van der Waals surface area contributed by atoms with Crippen molar-refractivity contribution >= 4 is 16.3 Å². The van der Waals surface area contributed by atoms with Gasteiger partial charge in [0.15, 0.2) is 0 Å². The molecule has 1 heterocycles. The summed E-state index contributed by atoms with van der Waals surface area (Å²) in [5, 5.41) is 22.9. The lowest BCUT2D eigenvalue weighted by molar-refractivity contribution is -0.380. The smallest absolute Gasteiger partial charge is 0.324 e. The van der Waals surface area contributed by atoms with Gasteiger partial charge < -0.3 is 10.4 Å². The first kappa shape index (κ1) is 13.7. The molecule has 2 rings (SSSR count). The Kier molecular flexibility index (Phi) is 4.62. The minimum Gasteiger partial charge on any atom is -0.392 e. The highest BCUT2D eigenvalue weighted by Crippen LogP contribution is 2.23. The number of nitrogens with one attached hydrogen (secondary N) is 1. The first-order chi connectivity index (χ1) is 9.19. The summed E-state index contributed by atoms with van der Waals surface area (Å²) >= 11 is 1.19. The lowest BCUT2D eigenvalue weighted by Gasteiger charge is -2.04. The molecule has 0 saturated heterocycles. The molecule has 0 unspecified atom stereocenters. The molecule has 0 fully saturated rings. The second kappa shape index (κ2) is 6.42. The summed E-state index contributed by atoms with van der Waals surface area (Å²) in [6.45, 7) is 1.35. The first-order valence-corrected chi connectivity index (χ1v) is 6.63. The summed E-state index contributed by atoms with van der Waals surface area (Å²) in [5.74, 6) is 0. The van der Waals surface area contributed by atoms with Crippen molar-refractivity contribution in [3.63, 3.8) is 0 Å². The molecule has 0 saturated carbocycles. The monoisotopic (exact) mass is 278 g/mol. The number of nitro groups is 1. The molecule has 1 aromatic carbocycles. The maximum atomic E-state index is 10.5. The van der Waals surface area contributed by atoms with Crippen LogP contribution >= 0.6 is 11.3 Å². The Morgan fingerprint density at radius 2 is 1.79 bits per heavy atom. The van der Waals surface area contributed by atoms with Crippen LogP contribution in [0.3, 0.4) is 0 Å². The van der Waals surface area contributed by atoms with E-state index >= 15 is 0 Å². The van der Waals surface area contributed by atoms with Crippen LogP contribution in [0.4, 0.5) is 5.00 Å². The molecule has 0 bridgehead atoms. The highest BCUT2D eigenvalue weighted by atomic mass is 32.1. The van der Waals surface area contributed by atoms with Crippen LogP contribution in [0.5, 0.6) is 0 Å². The molecule has 0 aliphatic heterocycles. The van der Waals surface area contributed by atoms with E-state index in [1.165, 1.54) is 17.4 Å². The fraction of sp³-hybridized carbons (Fsp3) is 0.231. The zero-order valence-corrected chi connectivity index (χ0v) is 11.0. The molecule has 5 nitrogen and oxygen atoms in total. The van der Waals surface area contributed by atoms with E-state index in [0.29, 0.717) is 13.1 Å². The third-order valence-electron chi connectivity index (χ3n) is 2.66. The van der Waals surface area contributed by atoms with Crippen molar-refractivity contribution in [3.05, 3.63) is 62.5 Å². The predicted molar refractivity (Wildman–Crippen MR) is 73.9 cm³/mol. The Labute approximate surface area is 114 Å². The van der Waals surface area contributed by atoms with Crippen LogP contribution in [-0.4, -0.2) is 10.0 Å². The lowest BCUT2D eigenvalue weighted by Crippen LogP contribution is -2.11. The van der Waals surface area contributed by atoms with Gasteiger partial charge in [-0.2, -0.15) is 0 Å². The summed E-state index contributed by atoms with van der Waals surface area (Å²) in [6.07, 6.45) is 0. The second-order valence-electron chi connectivity index (χ2n) is 4.08. The molecule has 100 valence electrons. The number of nitrogens with zero attached hydrogens (tertiary/aromatic N) is 1. The standard InChI is InChI=1S/C13H14N2O3S/c16-9-11-3-1-10(2-4-11)7-14-8-12-5-6-13(19-12)15(17)18/h1-6,14,16H,7-9H2. The van der Waals surface area contributed by atoms with Crippen LogP contribution in [0.2, 0.25) is 0 Å². The van der Waals surface area contributed by atoms with Crippen LogP contribution in [0.25, 0.3) is 0 Å². The maximum absolute atomic E-state index is 10.5. The molecule has 0 radical (unpaired) electrons. The highest BCUT2D eigenvalue weighted by Gasteiger charge is 2.08. The predicted octanol–water partition coefficient (Wildman–Crippen LogP) is 2.44. The Morgan fingerprint density at radius 1 is 1.11 bits per heavy atom. The van der Waals surface area contributed by atoms with E-state index in [9.17, 15) is 10.1 Å². The number of rotatable bonds is 6. The van der Waals surface area contributed by atoms with Gasteiger partial charge in [0.25, 0.3) is 0 Å². The van der Waals surface area contributed by atoms with Gasteiger partial charge in [0.2, 0.25) is 0 Å². The molecule has 6 heteroatoms. The largest absolute Gasteiger partial charge is 0.392 e. The van der Waals surface area contributed by atoms with E-state index in [2.05, 4.69) is 5.32 Å². The van der Waals surface area contributed by atoms with Gasteiger partial charge in [-0.05, 0) is 17.2 Å². The molecule has 0 aliphatic carbocycles. The van der Waals surface area contributed by atoms with E-state index in [1.54, 1.807) is 6.07 Å². The Morgan fingerprint density at radius 3 is 2.37 bits per heavy atom. The molecular weight excluding hydrogens is 264 g/mol. The first-order valence-electron chi connectivity index (χ1n) is 5.81. The summed E-state index contributed by atoms with van der Waals surface area (Å²) < 4.78 is 0. The summed E-state index contributed by atoms with van der Waals surface area (Å²) in [4.78, 5) is 11.1. The highest BCUT2D eigenvalue weighted by molar-refractivity contribution is 7.15. The van der Waals surface area contributed by atoms with Crippen LogP contribution in [-0.2, 0) is 19.7 Å². The number of hydrogen-bond donors (Lipinski definition) is 2. The van der Waals surface area contributed by atoms with Crippen molar-refractivity contribution in [1.82, 2.24) is 5.32 Å². The third-order valence-corrected chi connectivity index (χ3v) is 3.70. The fourth-order valence-electron chi connectivity index (χ4n) is 1.65. The average Bonchev–Trinajstić information content (AvgIpc) is 2.89. The Balaban J connectivity index is 1.83. The third kappa shape index (κ3) is 3.85. The topological polar surface area (TPSA) is 75.4 Å². The zero-order valence-electron chi connectivity index (χ0n) is 10.2. The van der Waals surface area contributed by atoms with Gasteiger partial charge in [-0.1, -0.05) is 35.6 Å². The van der Waals surface area contributed by atoms with E-state index < -0.39 is 0 Å². The number of aliphatic hydroxyl groups is 1. The molecule has 2 aromatic rings. The molecule has 0 amide bonds. The summed E-state index contributed by atoms with van der Waals surface area (Å²) in [6, 6.07) is 11.0. The van der Waals surface area contributed by atoms with Gasteiger partial charge in [0.05, 0.1) is 11.5 Å². The Bertz CT molecular complexity index is 551. The van der Waals surface area contributed by atoms with Crippen molar-refractivity contribution < 1.29 is 10.0 Å². The van der Waals surface area contributed by atoms with E-state index in [0.717, 1.165) is 16.0 Å². The van der Waals surface area contributed by atoms with Crippen molar-refractivity contribution in [2.45, 2.75) is 19.7 Å². The zero-order chi connectivity index (χ0) is 13.7. The summed E-state index contributed by atoms with van der Waals surface area (Å²) in [7, 11) is 0. The van der Waals surface area contributed by atoms with Crippen LogP contribution < -0.4 is 5.32 Å². The van der Waals surface area contributed by atoms with E-state index in [1.807, 2.05) is 24.3 Å². The van der Waals surface area contributed by atoms with Gasteiger partial charge in [-0.25, -0.2) is 0 Å². The average molecular weight is 278 g/mol. The van der Waals surface area contributed by atoms with Crippen LogP contribution in [0, 0.1) is 10.1 Å². The molecular formula is C13H14N2O3S. The number of hydrogen-bond acceptors (Lipinski definition) is 5. The minimum atomic E-state index is -0.373. The van der Waals surface area contributed by atoms with E-state index in [4.69, 9.17) is 5.11 Å². The minimum absolute atomic E-state index is 0.0482. The van der Waals surface area contributed by atoms with Crippen LogP contribution in [0.1, 0.15) is 16.0 Å². The molecule has 1 aromatic heterocycles. The molecule has 2 N–H and O–H groups in total. The van der Waals surface area contributed by atoms with Gasteiger partial charge >= 0.3 is 5.00 Å². The van der Waals surface area contributed by atoms with Crippen LogP contribution in [0.15, 0.2) is 36.4 Å². The van der Waals surface area contributed by atoms with Gasteiger partial charge in [-0.3, -0.25) is 10.1 Å². The van der Waals surface area contributed by atoms with Crippen molar-refractivity contribution in [2.24, 2.45) is 0 Å². The number of thiophene rings is 1. The Hall–Kier alpha value is -1.76. The molecule has 0 spiro atoms. The molecule has 0 aliphatic rings. The summed E-state index contributed by atoms with van der Waals surface area (Å²) in [5.41, 5.74) is 2.00. The van der Waals surface area contributed by atoms with E-state index in [-0.39, 0.29) is 16.5 Å².